The van der Waals surface area contributed by atoms with E-state index in [1.165, 1.54) is 0 Å². The fourth-order valence-electron chi connectivity index (χ4n) is 2.01. The zero-order valence-electron chi connectivity index (χ0n) is 13.1. The van der Waals surface area contributed by atoms with Gasteiger partial charge in [-0.3, -0.25) is 9.59 Å². The van der Waals surface area contributed by atoms with Gasteiger partial charge < -0.3 is 14.2 Å². The van der Waals surface area contributed by atoms with Crippen LogP contribution in [0.1, 0.15) is 15.9 Å². The van der Waals surface area contributed by atoms with Gasteiger partial charge in [0.25, 0.3) is 0 Å². The van der Waals surface area contributed by atoms with Crippen molar-refractivity contribution in [3.63, 3.8) is 0 Å². The van der Waals surface area contributed by atoms with Crippen LogP contribution in [0.25, 0.3) is 0 Å². The molecule has 0 saturated heterocycles. The van der Waals surface area contributed by atoms with E-state index in [0.717, 1.165) is 5.56 Å². The van der Waals surface area contributed by atoms with Crippen molar-refractivity contribution >= 4 is 11.8 Å². The average Bonchev–Trinajstić information content (AvgIpc) is 2.60. The summed E-state index contributed by atoms with van der Waals surface area (Å²) in [5.74, 6) is 0.618. The summed E-state index contributed by atoms with van der Waals surface area (Å²) in [6.07, 6.45) is 0.0904. The third-order valence-electron chi connectivity index (χ3n) is 3.26. The van der Waals surface area contributed by atoms with Crippen molar-refractivity contribution in [1.82, 2.24) is 0 Å². The molecule has 120 valence electrons. The third kappa shape index (κ3) is 4.85. The molecule has 0 aliphatic rings. The van der Waals surface area contributed by atoms with Gasteiger partial charge in [-0.25, -0.2) is 0 Å². The number of hydrogen-bond donors (Lipinski definition) is 0. The molecule has 0 atom stereocenters. The van der Waals surface area contributed by atoms with Gasteiger partial charge in [-0.05, 0) is 42.0 Å². The molecule has 2 aromatic rings. The standard InChI is InChI=1S/C18H18O5/c1-21-15-8-6-14(7-9-15)17(19)12-23-18(20)11-13-4-3-5-16(10-13)22-2/h3-10H,11-12H2,1-2H3. The first-order chi connectivity index (χ1) is 11.1. The van der Waals surface area contributed by atoms with Crippen LogP contribution >= 0.6 is 0 Å². The molecule has 5 heteroatoms. The normalized spacial score (nSPS) is 10.0. The lowest BCUT2D eigenvalue weighted by molar-refractivity contribution is -0.141. The number of hydrogen-bond acceptors (Lipinski definition) is 5. The van der Waals surface area contributed by atoms with Crippen LogP contribution in [0.5, 0.6) is 11.5 Å². The largest absolute Gasteiger partial charge is 0.497 e. The lowest BCUT2D eigenvalue weighted by atomic mass is 10.1. The van der Waals surface area contributed by atoms with Crippen LogP contribution in [-0.2, 0) is 16.0 Å². The molecule has 2 rings (SSSR count). The van der Waals surface area contributed by atoms with Crippen molar-refractivity contribution < 1.29 is 23.8 Å². The molecule has 0 bridgehead atoms. The Kier molecular flexibility index (Phi) is 5.74. The maximum Gasteiger partial charge on any atom is 0.310 e. The number of rotatable bonds is 7. The summed E-state index contributed by atoms with van der Waals surface area (Å²) in [5.41, 5.74) is 1.24. The number of methoxy groups -OCH3 is 2. The number of Topliss-reactive ketones (excluding diaryl/α,β-unsaturated/α-hetero) is 1. The van der Waals surface area contributed by atoms with Crippen LogP contribution in [-0.4, -0.2) is 32.6 Å². The molecule has 0 aliphatic carbocycles. The third-order valence-corrected chi connectivity index (χ3v) is 3.26. The zero-order valence-corrected chi connectivity index (χ0v) is 13.1. The summed E-state index contributed by atoms with van der Waals surface area (Å²) < 4.78 is 15.2. The Morgan fingerprint density at radius 2 is 1.61 bits per heavy atom. The van der Waals surface area contributed by atoms with Crippen molar-refractivity contribution in [1.29, 1.82) is 0 Å². The molecule has 0 fully saturated rings. The number of benzene rings is 2. The van der Waals surface area contributed by atoms with Gasteiger partial charge in [0.15, 0.2) is 12.4 Å². The Balaban J connectivity index is 1.86. The van der Waals surface area contributed by atoms with E-state index in [2.05, 4.69) is 0 Å². The topological polar surface area (TPSA) is 61.8 Å². The molecule has 0 amide bonds. The molecule has 2 aromatic carbocycles. The number of ketones is 1. The molecule has 0 aliphatic heterocycles. The van der Waals surface area contributed by atoms with Gasteiger partial charge in [0.2, 0.25) is 0 Å². The first kappa shape index (κ1) is 16.5. The second-order valence-electron chi connectivity index (χ2n) is 4.84. The smallest absolute Gasteiger partial charge is 0.310 e. The highest BCUT2D eigenvalue weighted by Crippen LogP contribution is 2.14. The molecule has 0 spiro atoms. The summed E-state index contributed by atoms with van der Waals surface area (Å²) in [6.45, 7) is -0.283. The molecule has 23 heavy (non-hydrogen) atoms. The van der Waals surface area contributed by atoms with E-state index in [9.17, 15) is 9.59 Å². The number of carbonyl (C=O) groups excluding carboxylic acids is 2. The van der Waals surface area contributed by atoms with Crippen LogP contribution in [0, 0.1) is 0 Å². The van der Waals surface area contributed by atoms with Crippen LogP contribution in [0.15, 0.2) is 48.5 Å². The Bertz CT molecular complexity index is 676. The SMILES string of the molecule is COc1ccc(C(=O)COC(=O)Cc2cccc(OC)c2)cc1. The van der Waals surface area contributed by atoms with Gasteiger partial charge in [0.05, 0.1) is 20.6 Å². The summed E-state index contributed by atoms with van der Waals surface area (Å²) in [4.78, 5) is 23.8. The fraction of sp³-hybridized carbons (Fsp3) is 0.222. The van der Waals surface area contributed by atoms with E-state index in [1.54, 1.807) is 62.8 Å². The molecular weight excluding hydrogens is 296 g/mol. The van der Waals surface area contributed by atoms with E-state index in [1.807, 2.05) is 0 Å². The van der Waals surface area contributed by atoms with Crippen molar-refractivity contribution in [3.8, 4) is 11.5 Å². The molecule has 0 heterocycles. The Morgan fingerprint density at radius 3 is 2.26 bits per heavy atom. The minimum atomic E-state index is -0.458. The van der Waals surface area contributed by atoms with Crippen molar-refractivity contribution in [2.24, 2.45) is 0 Å². The first-order valence-electron chi connectivity index (χ1n) is 7.08. The first-order valence-corrected chi connectivity index (χ1v) is 7.08. The molecule has 0 unspecified atom stereocenters. The average molecular weight is 314 g/mol. The predicted molar refractivity (Wildman–Crippen MR) is 85.0 cm³/mol. The summed E-state index contributed by atoms with van der Waals surface area (Å²) in [7, 11) is 3.11. The van der Waals surface area contributed by atoms with Gasteiger partial charge >= 0.3 is 5.97 Å². The maximum atomic E-state index is 12.0. The van der Waals surface area contributed by atoms with Crippen LogP contribution in [0.2, 0.25) is 0 Å². The molecule has 0 radical (unpaired) electrons. The monoisotopic (exact) mass is 314 g/mol. The van der Waals surface area contributed by atoms with E-state index in [0.29, 0.717) is 17.1 Å². The van der Waals surface area contributed by atoms with E-state index < -0.39 is 5.97 Å². The highest BCUT2D eigenvalue weighted by molar-refractivity contribution is 5.98. The Morgan fingerprint density at radius 1 is 0.913 bits per heavy atom. The second kappa shape index (κ2) is 7.98. The van der Waals surface area contributed by atoms with Gasteiger partial charge in [-0.2, -0.15) is 0 Å². The Hall–Kier alpha value is -2.82. The summed E-state index contributed by atoms with van der Waals surface area (Å²) in [5, 5.41) is 0. The molecule has 0 aromatic heterocycles. The highest BCUT2D eigenvalue weighted by Gasteiger charge is 2.11. The Labute approximate surface area is 134 Å². The quantitative estimate of drug-likeness (QED) is 0.581. The highest BCUT2D eigenvalue weighted by atomic mass is 16.5. The van der Waals surface area contributed by atoms with Crippen molar-refractivity contribution in [2.45, 2.75) is 6.42 Å². The van der Waals surface area contributed by atoms with E-state index >= 15 is 0 Å². The van der Waals surface area contributed by atoms with Gasteiger partial charge in [0, 0.05) is 5.56 Å². The number of carbonyl (C=O) groups is 2. The maximum absolute atomic E-state index is 12.0. The minimum absolute atomic E-state index is 0.0904. The van der Waals surface area contributed by atoms with Gasteiger partial charge in [-0.1, -0.05) is 12.1 Å². The number of esters is 1. The second-order valence-corrected chi connectivity index (χ2v) is 4.84. The number of ether oxygens (including phenoxy) is 3. The molecule has 0 saturated carbocycles. The van der Waals surface area contributed by atoms with Crippen LogP contribution < -0.4 is 9.47 Å². The predicted octanol–water partition coefficient (Wildman–Crippen LogP) is 2.67. The van der Waals surface area contributed by atoms with Gasteiger partial charge in [0.1, 0.15) is 11.5 Å². The van der Waals surface area contributed by atoms with E-state index in [4.69, 9.17) is 14.2 Å². The van der Waals surface area contributed by atoms with Crippen molar-refractivity contribution in [2.75, 3.05) is 20.8 Å². The molecular formula is C18H18O5. The molecule has 0 N–H and O–H groups in total. The summed E-state index contributed by atoms with van der Waals surface area (Å²) >= 11 is 0. The summed E-state index contributed by atoms with van der Waals surface area (Å²) in [6, 6.07) is 13.8. The van der Waals surface area contributed by atoms with E-state index in [-0.39, 0.29) is 18.8 Å². The minimum Gasteiger partial charge on any atom is -0.497 e. The fourth-order valence-corrected chi connectivity index (χ4v) is 2.01. The van der Waals surface area contributed by atoms with Crippen LogP contribution in [0.4, 0.5) is 0 Å². The van der Waals surface area contributed by atoms with Crippen molar-refractivity contribution in [3.05, 3.63) is 59.7 Å². The van der Waals surface area contributed by atoms with Gasteiger partial charge in [-0.15, -0.1) is 0 Å². The zero-order chi connectivity index (χ0) is 16.7. The van der Waals surface area contributed by atoms with Crippen LogP contribution in [0.3, 0.4) is 0 Å². The lowest BCUT2D eigenvalue weighted by Crippen LogP contribution is -2.15. The molecule has 5 nitrogen and oxygen atoms in total. The lowest BCUT2D eigenvalue weighted by Gasteiger charge is -2.06.